The number of nitrogens with one attached hydrogen (secondary N) is 3. The van der Waals surface area contributed by atoms with E-state index in [0.29, 0.717) is 5.56 Å². The Labute approximate surface area is 172 Å². The van der Waals surface area contributed by atoms with Crippen molar-refractivity contribution in [3.63, 3.8) is 0 Å². The summed E-state index contributed by atoms with van der Waals surface area (Å²) in [7, 11) is 0. The maximum Gasteiger partial charge on any atom is 0.322 e. The molecule has 3 unspecified atom stereocenters. The molecule has 0 fully saturated rings. The smallest absolute Gasteiger partial charge is 0.322 e. The zero-order valence-electron chi connectivity index (χ0n) is 16.0. The highest BCUT2D eigenvalue weighted by Gasteiger charge is 2.28. The van der Waals surface area contributed by atoms with Crippen LogP contribution in [0.2, 0.25) is 0 Å². The summed E-state index contributed by atoms with van der Waals surface area (Å²) < 4.78 is 0. The van der Waals surface area contributed by atoms with Gasteiger partial charge in [-0.15, -0.1) is 0 Å². The minimum atomic E-state index is -1.44. The largest absolute Gasteiger partial charge is 0.480 e. The Hall–Kier alpha value is -3.51. The van der Waals surface area contributed by atoms with Gasteiger partial charge in [-0.3, -0.25) is 24.0 Å². The molecule has 0 bridgehead atoms. The summed E-state index contributed by atoms with van der Waals surface area (Å²) in [5.41, 5.74) is 11.3. The van der Waals surface area contributed by atoms with Crippen molar-refractivity contribution < 1.29 is 34.2 Å². The first-order chi connectivity index (χ1) is 14.1. The fourth-order valence-corrected chi connectivity index (χ4v) is 2.40. The van der Waals surface area contributed by atoms with Gasteiger partial charge >= 0.3 is 5.97 Å². The highest BCUT2D eigenvalue weighted by molar-refractivity contribution is 5.94. The zero-order valence-corrected chi connectivity index (χ0v) is 16.0. The molecular formula is C18H25N5O7. The van der Waals surface area contributed by atoms with Gasteiger partial charge in [-0.05, 0) is 5.56 Å². The first-order valence-corrected chi connectivity index (χ1v) is 8.93. The average Bonchev–Trinajstić information content (AvgIpc) is 2.69. The molecule has 12 nitrogen and oxygen atoms in total. The fourth-order valence-electron chi connectivity index (χ4n) is 2.40. The average molecular weight is 423 g/mol. The highest BCUT2D eigenvalue weighted by atomic mass is 16.4. The highest BCUT2D eigenvalue weighted by Crippen LogP contribution is 2.05. The van der Waals surface area contributed by atoms with E-state index in [-0.39, 0.29) is 6.42 Å². The number of carbonyl (C=O) groups excluding carboxylic acids is 4. The fraction of sp³-hybridized carbons (Fsp3) is 0.389. The molecule has 3 atom stereocenters. The summed E-state index contributed by atoms with van der Waals surface area (Å²) in [6, 6.07) is 4.71. The number of nitrogens with two attached hydrogens (primary N) is 2. The van der Waals surface area contributed by atoms with Crippen LogP contribution in [0.1, 0.15) is 12.0 Å². The predicted octanol–water partition coefficient (Wildman–Crippen LogP) is -3.41. The van der Waals surface area contributed by atoms with Crippen molar-refractivity contribution in [3.8, 4) is 0 Å². The second kappa shape index (κ2) is 12.1. The van der Waals surface area contributed by atoms with Gasteiger partial charge in [0.25, 0.3) is 0 Å². The lowest BCUT2D eigenvalue weighted by Gasteiger charge is -2.23. The molecule has 164 valence electrons. The molecule has 0 aliphatic rings. The SMILES string of the molecule is NC(=O)CC(N)C(=O)NC(Cc1ccccc1)C(=O)NC(CO)C(=O)NCC(=O)O. The Morgan fingerprint density at radius 1 is 0.933 bits per heavy atom. The first kappa shape index (κ1) is 24.5. The van der Waals surface area contributed by atoms with Crippen LogP contribution in [0.25, 0.3) is 0 Å². The molecule has 1 aromatic carbocycles. The van der Waals surface area contributed by atoms with Crippen molar-refractivity contribution in [2.24, 2.45) is 11.5 Å². The summed E-state index contributed by atoms with van der Waals surface area (Å²) in [6.45, 7) is -1.50. The molecule has 0 saturated carbocycles. The van der Waals surface area contributed by atoms with Gasteiger partial charge in [-0.1, -0.05) is 30.3 Å². The molecule has 0 saturated heterocycles. The summed E-state index contributed by atoms with van der Waals surface area (Å²) in [6.07, 6.45) is -0.404. The lowest BCUT2D eigenvalue weighted by atomic mass is 10.0. The van der Waals surface area contributed by atoms with Gasteiger partial charge in [0.15, 0.2) is 0 Å². The topological polar surface area (TPSA) is 214 Å². The third-order valence-electron chi connectivity index (χ3n) is 3.90. The minimum Gasteiger partial charge on any atom is -0.480 e. The van der Waals surface area contributed by atoms with Crippen LogP contribution >= 0.6 is 0 Å². The maximum atomic E-state index is 12.7. The van der Waals surface area contributed by atoms with Crippen LogP contribution in [0.5, 0.6) is 0 Å². The zero-order chi connectivity index (χ0) is 22.7. The number of carboxylic acids is 1. The number of aliphatic hydroxyl groups excluding tert-OH is 1. The van der Waals surface area contributed by atoms with E-state index in [1.807, 2.05) is 5.32 Å². The Balaban J connectivity index is 2.91. The van der Waals surface area contributed by atoms with Crippen molar-refractivity contribution in [1.29, 1.82) is 0 Å². The molecule has 1 aromatic rings. The van der Waals surface area contributed by atoms with Crippen molar-refractivity contribution in [2.45, 2.75) is 31.0 Å². The van der Waals surface area contributed by atoms with Crippen LogP contribution in [0, 0.1) is 0 Å². The number of aliphatic carboxylic acids is 1. The number of primary amides is 1. The molecule has 0 aliphatic carbocycles. The standard InChI is InChI=1S/C18H25N5O7/c19-11(7-14(20)25)16(28)22-12(6-10-4-2-1-3-5-10)18(30)23-13(9-24)17(29)21-8-15(26)27/h1-5,11-13,24H,6-9,19H2,(H2,20,25)(H,21,29)(H,22,28)(H,23,30)(H,26,27). The van der Waals surface area contributed by atoms with Crippen LogP contribution in [0.4, 0.5) is 0 Å². The lowest BCUT2D eigenvalue weighted by molar-refractivity contribution is -0.138. The van der Waals surface area contributed by atoms with E-state index in [1.165, 1.54) is 0 Å². The van der Waals surface area contributed by atoms with Crippen molar-refractivity contribution in [1.82, 2.24) is 16.0 Å². The third kappa shape index (κ3) is 8.67. The van der Waals surface area contributed by atoms with E-state index in [4.69, 9.17) is 16.6 Å². The van der Waals surface area contributed by atoms with Crippen LogP contribution in [0.15, 0.2) is 30.3 Å². The van der Waals surface area contributed by atoms with Gasteiger partial charge in [0.2, 0.25) is 23.6 Å². The monoisotopic (exact) mass is 423 g/mol. The summed E-state index contributed by atoms with van der Waals surface area (Å²) in [4.78, 5) is 58.4. The summed E-state index contributed by atoms with van der Waals surface area (Å²) >= 11 is 0. The van der Waals surface area contributed by atoms with E-state index in [1.54, 1.807) is 30.3 Å². The Morgan fingerprint density at radius 3 is 2.07 bits per heavy atom. The number of benzene rings is 1. The van der Waals surface area contributed by atoms with Crippen LogP contribution in [0.3, 0.4) is 0 Å². The predicted molar refractivity (Wildman–Crippen MR) is 104 cm³/mol. The second-order valence-corrected chi connectivity index (χ2v) is 6.38. The van der Waals surface area contributed by atoms with Crippen LogP contribution < -0.4 is 27.4 Å². The van der Waals surface area contributed by atoms with E-state index in [2.05, 4.69) is 10.6 Å². The molecular weight excluding hydrogens is 398 g/mol. The van der Waals surface area contributed by atoms with Crippen LogP contribution in [-0.2, 0) is 30.4 Å². The van der Waals surface area contributed by atoms with E-state index < -0.39 is 67.3 Å². The normalized spacial score (nSPS) is 13.4. The molecule has 30 heavy (non-hydrogen) atoms. The van der Waals surface area contributed by atoms with Gasteiger partial charge in [0.1, 0.15) is 18.6 Å². The Morgan fingerprint density at radius 2 is 1.53 bits per heavy atom. The molecule has 1 rings (SSSR count). The van der Waals surface area contributed by atoms with Crippen molar-refractivity contribution >= 4 is 29.6 Å². The lowest BCUT2D eigenvalue weighted by Crippen LogP contribution is -2.57. The molecule has 4 amide bonds. The number of rotatable bonds is 12. The van der Waals surface area contributed by atoms with Gasteiger partial charge in [0.05, 0.1) is 19.1 Å². The van der Waals surface area contributed by atoms with E-state index >= 15 is 0 Å². The van der Waals surface area contributed by atoms with E-state index in [9.17, 15) is 29.1 Å². The molecule has 12 heteroatoms. The molecule has 9 N–H and O–H groups in total. The maximum absolute atomic E-state index is 12.7. The van der Waals surface area contributed by atoms with Crippen molar-refractivity contribution in [2.75, 3.05) is 13.2 Å². The van der Waals surface area contributed by atoms with Gasteiger partial charge in [-0.2, -0.15) is 0 Å². The molecule has 0 aromatic heterocycles. The Kier molecular flexibility index (Phi) is 9.92. The van der Waals surface area contributed by atoms with Gasteiger partial charge in [0, 0.05) is 6.42 Å². The molecule has 0 aliphatic heterocycles. The quantitative estimate of drug-likeness (QED) is 0.179. The molecule has 0 spiro atoms. The minimum absolute atomic E-state index is 0.0244. The number of carboxylic acid groups (broad SMARTS) is 1. The summed E-state index contributed by atoms with van der Waals surface area (Å²) in [5, 5.41) is 24.7. The number of aliphatic hydroxyl groups is 1. The molecule has 0 heterocycles. The number of carbonyl (C=O) groups is 5. The third-order valence-corrected chi connectivity index (χ3v) is 3.90. The van der Waals surface area contributed by atoms with Crippen molar-refractivity contribution in [3.05, 3.63) is 35.9 Å². The number of hydrogen-bond acceptors (Lipinski definition) is 7. The summed E-state index contributed by atoms with van der Waals surface area (Å²) in [5.74, 6) is -4.63. The second-order valence-electron chi connectivity index (χ2n) is 6.38. The number of amides is 4. The Bertz CT molecular complexity index is 771. The van der Waals surface area contributed by atoms with Gasteiger partial charge in [-0.25, -0.2) is 0 Å². The van der Waals surface area contributed by atoms with E-state index in [0.717, 1.165) is 0 Å². The molecule has 0 radical (unpaired) electrons. The van der Waals surface area contributed by atoms with Crippen LogP contribution in [-0.4, -0.2) is 71.1 Å². The first-order valence-electron chi connectivity index (χ1n) is 8.93. The van der Waals surface area contributed by atoms with Gasteiger partial charge < -0.3 is 37.6 Å². The number of hydrogen-bond donors (Lipinski definition) is 7.